The Morgan fingerprint density at radius 2 is 2.17 bits per heavy atom. The summed E-state index contributed by atoms with van der Waals surface area (Å²) in [6.07, 6.45) is 8.60. The van der Waals surface area contributed by atoms with Crippen LogP contribution >= 0.6 is 7.82 Å². The quantitative estimate of drug-likeness (QED) is 0.143. The molecule has 11 heteroatoms. The number of anilines is 1. The Balaban J connectivity index is 1.31. The van der Waals surface area contributed by atoms with E-state index in [0.717, 1.165) is 42.7 Å². The predicted octanol–water partition coefficient (Wildman–Crippen LogP) is 3.78. The highest BCUT2D eigenvalue weighted by molar-refractivity contribution is 7.47. The van der Waals surface area contributed by atoms with Gasteiger partial charge < -0.3 is 25.4 Å². The first-order valence-electron chi connectivity index (χ1n) is 11.5. The molecule has 0 radical (unpaired) electrons. The van der Waals surface area contributed by atoms with Crippen molar-refractivity contribution in [3.63, 3.8) is 0 Å². The number of aromatic nitrogens is 2. The first kappa shape index (κ1) is 25.8. The van der Waals surface area contributed by atoms with Gasteiger partial charge in [0.1, 0.15) is 12.5 Å². The van der Waals surface area contributed by atoms with Crippen molar-refractivity contribution >= 4 is 19.2 Å². The van der Waals surface area contributed by atoms with Gasteiger partial charge in [0.05, 0.1) is 11.7 Å². The molecular formula is C25H30N5O5P. The second-order valence-electron chi connectivity index (χ2n) is 8.18. The van der Waals surface area contributed by atoms with Crippen molar-refractivity contribution in [2.24, 2.45) is 5.73 Å². The predicted molar refractivity (Wildman–Crippen MR) is 137 cm³/mol. The SMILES string of the molecule is COP(=O)(O)OCN/C=C\C=C(/CN)c1cc(Cc2ccc(N3CCC3c3ccccc3)nc2)no1. The molecule has 10 nitrogen and oxygen atoms in total. The molecule has 2 aromatic heterocycles. The van der Waals surface area contributed by atoms with Crippen LogP contribution in [0.15, 0.2) is 77.6 Å². The van der Waals surface area contributed by atoms with E-state index in [2.05, 4.69) is 65.8 Å². The molecule has 1 fully saturated rings. The summed E-state index contributed by atoms with van der Waals surface area (Å²) in [4.78, 5) is 16.2. The zero-order valence-corrected chi connectivity index (χ0v) is 20.9. The molecule has 190 valence electrons. The van der Waals surface area contributed by atoms with Gasteiger partial charge in [-0.1, -0.05) is 47.6 Å². The minimum absolute atomic E-state index is 0.187. The lowest BCUT2D eigenvalue weighted by molar-refractivity contribution is 0.168. The number of nitrogens with two attached hydrogens (primary N) is 1. The van der Waals surface area contributed by atoms with Crippen molar-refractivity contribution in [1.82, 2.24) is 15.5 Å². The van der Waals surface area contributed by atoms with Crippen LogP contribution < -0.4 is 16.0 Å². The molecule has 0 amide bonds. The topological polar surface area (TPSA) is 136 Å². The van der Waals surface area contributed by atoms with Crippen molar-refractivity contribution in [2.45, 2.75) is 18.9 Å². The van der Waals surface area contributed by atoms with E-state index in [-0.39, 0.29) is 13.3 Å². The van der Waals surface area contributed by atoms with Gasteiger partial charge in [-0.05, 0) is 35.9 Å². The molecule has 0 saturated carbocycles. The molecular weight excluding hydrogens is 481 g/mol. The van der Waals surface area contributed by atoms with Gasteiger partial charge in [0.2, 0.25) is 0 Å². The van der Waals surface area contributed by atoms with Gasteiger partial charge in [-0.25, -0.2) is 9.55 Å². The Hall–Kier alpha value is -3.27. The fourth-order valence-electron chi connectivity index (χ4n) is 3.83. The van der Waals surface area contributed by atoms with Crippen LogP contribution in [0.25, 0.3) is 5.57 Å². The molecule has 2 atom stereocenters. The van der Waals surface area contributed by atoms with E-state index in [1.807, 2.05) is 18.3 Å². The lowest BCUT2D eigenvalue weighted by Crippen LogP contribution is -2.41. The van der Waals surface area contributed by atoms with Gasteiger partial charge in [-0.2, -0.15) is 0 Å². The second-order valence-corrected chi connectivity index (χ2v) is 9.74. The van der Waals surface area contributed by atoms with Gasteiger partial charge in [-0.3, -0.25) is 9.05 Å². The molecule has 1 saturated heterocycles. The minimum atomic E-state index is -4.01. The summed E-state index contributed by atoms with van der Waals surface area (Å²) in [6.45, 7) is 1.06. The maximum atomic E-state index is 11.2. The van der Waals surface area contributed by atoms with Gasteiger partial charge in [0.15, 0.2) is 5.76 Å². The summed E-state index contributed by atoms with van der Waals surface area (Å²) >= 11 is 0. The Labute approximate surface area is 210 Å². The molecule has 36 heavy (non-hydrogen) atoms. The smallest absolute Gasteiger partial charge is 0.368 e. The monoisotopic (exact) mass is 511 g/mol. The van der Waals surface area contributed by atoms with Gasteiger partial charge in [-0.15, -0.1) is 0 Å². The molecule has 2 unspecified atom stereocenters. The Morgan fingerprint density at radius 1 is 1.33 bits per heavy atom. The molecule has 0 bridgehead atoms. The lowest BCUT2D eigenvalue weighted by Gasteiger charge is -2.42. The molecule has 1 aliphatic rings. The van der Waals surface area contributed by atoms with Crippen LogP contribution in [0.3, 0.4) is 0 Å². The van der Waals surface area contributed by atoms with Crippen molar-refractivity contribution in [1.29, 1.82) is 0 Å². The summed E-state index contributed by atoms with van der Waals surface area (Å²) in [5.41, 5.74) is 9.74. The molecule has 0 spiro atoms. The Kier molecular flexibility index (Phi) is 8.69. The highest BCUT2D eigenvalue weighted by atomic mass is 31.2. The Bertz CT molecular complexity index is 1230. The van der Waals surface area contributed by atoms with E-state index >= 15 is 0 Å². The number of nitrogens with one attached hydrogen (secondary N) is 1. The fourth-order valence-corrected chi connectivity index (χ4v) is 4.18. The largest absolute Gasteiger partial charge is 0.473 e. The second kappa shape index (κ2) is 12.1. The highest BCUT2D eigenvalue weighted by Gasteiger charge is 2.30. The maximum absolute atomic E-state index is 11.2. The van der Waals surface area contributed by atoms with Crippen molar-refractivity contribution < 1.29 is 23.0 Å². The van der Waals surface area contributed by atoms with Crippen LogP contribution in [0, 0.1) is 0 Å². The number of phosphoric acid groups is 1. The molecule has 4 rings (SSSR count). The van der Waals surface area contributed by atoms with E-state index in [1.165, 1.54) is 5.56 Å². The van der Waals surface area contributed by atoms with Gasteiger partial charge in [0.25, 0.3) is 0 Å². The molecule has 3 heterocycles. The van der Waals surface area contributed by atoms with Gasteiger partial charge >= 0.3 is 7.82 Å². The van der Waals surface area contributed by atoms with Crippen LogP contribution in [0.5, 0.6) is 0 Å². The number of hydrogen-bond acceptors (Lipinski definition) is 9. The van der Waals surface area contributed by atoms with E-state index in [4.69, 9.17) is 15.2 Å². The summed E-state index contributed by atoms with van der Waals surface area (Å²) < 4.78 is 25.7. The van der Waals surface area contributed by atoms with E-state index in [1.54, 1.807) is 18.4 Å². The van der Waals surface area contributed by atoms with Crippen LogP contribution in [0.1, 0.15) is 35.0 Å². The molecule has 4 N–H and O–H groups in total. The highest BCUT2D eigenvalue weighted by Crippen LogP contribution is 2.41. The van der Waals surface area contributed by atoms with Crippen molar-refractivity contribution in [3.8, 4) is 0 Å². The van der Waals surface area contributed by atoms with Crippen molar-refractivity contribution in [3.05, 3.63) is 95.7 Å². The standard InChI is InChI=1S/C25H30N5O5P/c1-33-36(31,32)34-18-27-12-5-8-21(16-26)24-15-22(29-35-24)14-19-9-10-25(28-17-19)30-13-11-23(30)20-6-3-2-4-7-20/h2-10,12,15,17,23,27H,11,13-14,16,18,26H2,1H3,(H,31,32)/b12-5-,21-8+. The third-order valence-electron chi connectivity index (χ3n) is 5.84. The Morgan fingerprint density at radius 3 is 2.83 bits per heavy atom. The van der Waals surface area contributed by atoms with Crippen LogP contribution in [0.2, 0.25) is 0 Å². The summed E-state index contributed by atoms with van der Waals surface area (Å²) in [5, 5.41) is 6.89. The lowest BCUT2D eigenvalue weighted by atomic mass is 9.95. The number of hydrogen-bond donors (Lipinski definition) is 3. The molecule has 3 aromatic rings. The van der Waals surface area contributed by atoms with Crippen LogP contribution in [-0.4, -0.2) is 42.0 Å². The zero-order valence-electron chi connectivity index (χ0n) is 20.0. The molecule has 1 aliphatic heterocycles. The first-order chi connectivity index (χ1) is 17.5. The van der Waals surface area contributed by atoms with Crippen LogP contribution in [0.4, 0.5) is 5.82 Å². The first-order valence-corrected chi connectivity index (χ1v) is 13.0. The minimum Gasteiger partial charge on any atom is -0.368 e. The normalized spacial score (nSPS) is 17.7. The third kappa shape index (κ3) is 6.69. The number of pyridine rings is 1. The third-order valence-corrected chi connectivity index (χ3v) is 6.76. The van der Waals surface area contributed by atoms with E-state index in [0.29, 0.717) is 18.2 Å². The maximum Gasteiger partial charge on any atom is 0.473 e. The van der Waals surface area contributed by atoms with Crippen molar-refractivity contribution in [2.75, 3.05) is 31.8 Å². The van der Waals surface area contributed by atoms with Crippen LogP contribution in [-0.2, 0) is 20.0 Å². The van der Waals surface area contributed by atoms with E-state index in [9.17, 15) is 4.57 Å². The number of rotatable bonds is 12. The zero-order chi connectivity index (χ0) is 25.4. The number of allylic oxidation sites excluding steroid dienone is 2. The summed E-state index contributed by atoms with van der Waals surface area (Å²) in [5.74, 6) is 1.55. The fraction of sp³-hybridized carbons (Fsp3) is 0.280. The number of benzene rings is 1. The van der Waals surface area contributed by atoms with Gasteiger partial charge in [0, 0.05) is 44.5 Å². The molecule has 1 aromatic carbocycles. The number of nitrogens with zero attached hydrogens (tertiary/aromatic N) is 3. The van der Waals surface area contributed by atoms with E-state index < -0.39 is 7.82 Å². The average Bonchev–Trinajstić information content (AvgIpc) is 3.33. The average molecular weight is 512 g/mol. The molecule has 0 aliphatic carbocycles. The summed E-state index contributed by atoms with van der Waals surface area (Å²) in [7, 11) is -2.91. The summed E-state index contributed by atoms with van der Waals surface area (Å²) in [6, 6.07) is 16.9. The number of phosphoric ester groups is 1.